The maximum absolute atomic E-state index is 12.0. The van der Waals surface area contributed by atoms with E-state index < -0.39 is 23.3 Å². The minimum atomic E-state index is -0.939. The Kier molecular flexibility index (Phi) is 3.57. The van der Waals surface area contributed by atoms with E-state index in [1.165, 1.54) is 0 Å². The number of carboxylic acid groups (broad SMARTS) is 1. The summed E-state index contributed by atoms with van der Waals surface area (Å²) >= 11 is 0. The highest BCUT2D eigenvalue weighted by molar-refractivity contribution is 5.89. The number of carbonyl (C=O) groups is 2. The van der Waals surface area contributed by atoms with E-state index in [-0.39, 0.29) is 12.5 Å². The molecule has 0 radical (unpaired) electrons. The summed E-state index contributed by atoms with van der Waals surface area (Å²) in [6.45, 7) is 1.48. The summed E-state index contributed by atoms with van der Waals surface area (Å²) in [6.07, 6.45) is 0.372. The molecule has 1 aliphatic rings. The fourth-order valence-electron chi connectivity index (χ4n) is 2.13. The van der Waals surface area contributed by atoms with Gasteiger partial charge in [0.25, 0.3) is 0 Å². The number of hydrogen-bond donors (Lipinski definition) is 3. The first kappa shape index (κ1) is 13.5. The van der Waals surface area contributed by atoms with Gasteiger partial charge in [-0.1, -0.05) is 30.3 Å². The molecule has 0 spiro atoms. The molecule has 5 nitrogen and oxygen atoms in total. The van der Waals surface area contributed by atoms with E-state index in [2.05, 4.69) is 5.32 Å². The van der Waals surface area contributed by atoms with Crippen molar-refractivity contribution in [1.29, 1.82) is 0 Å². The van der Waals surface area contributed by atoms with E-state index in [0.717, 1.165) is 5.56 Å². The number of amides is 1. The fraction of sp³-hybridized carbons (Fsp3) is 0.429. The molecule has 1 aliphatic carbocycles. The van der Waals surface area contributed by atoms with Crippen molar-refractivity contribution in [2.24, 2.45) is 11.8 Å². The third-order valence-electron chi connectivity index (χ3n) is 3.57. The van der Waals surface area contributed by atoms with Gasteiger partial charge in [0.05, 0.1) is 24.0 Å². The minimum Gasteiger partial charge on any atom is -0.481 e. The zero-order valence-electron chi connectivity index (χ0n) is 10.7. The van der Waals surface area contributed by atoms with Crippen LogP contribution in [0.3, 0.4) is 0 Å². The predicted molar refractivity (Wildman–Crippen MR) is 68.3 cm³/mol. The lowest BCUT2D eigenvalue weighted by molar-refractivity contribution is -0.140. The number of aliphatic hydroxyl groups is 1. The summed E-state index contributed by atoms with van der Waals surface area (Å²) in [7, 11) is 0. The number of hydrogen-bond acceptors (Lipinski definition) is 3. The third kappa shape index (κ3) is 2.76. The van der Waals surface area contributed by atoms with Crippen molar-refractivity contribution in [2.45, 2.75) is 18.9 Å². The lowest BCUT2D eigenvalue weighted by Gasteiger charge is -2.29. The molecule has 0 heterocycles. The van der Waals surface area contributed by atoms with Gasteiger partial charge in [0, 0.05) is 0 Å². The number of benzene rings is 1. The van der Waals surface area contributed by atoms with Crippen LogP contribution in [-0.2, 0) is 15.1 Å². The third-order valence-corrected chi connectivity index (χ3v) is 3.57. The van der Waals surface area contributed by atoms with Crippen LogP contribution in [0.2, 0.25) is 0 Å². The standard InChI is InChI=1S/C14H17NO4/c1-14(8-16,9-5-3-2-4-6-9)15-12(17)10-7-11(10)13(18)19/h2-6,10-11,16H,7-8H2,1H3,(H,15,17)(H,18,19). The SMILES string of the molecule is CC(CO)(NC(=O)C1CC1C(=O)O)c1ccccc1. The summed E-state index contributed by atoms with van der Waals surface area (Å²) in [5.41, 5.74) is -0.0948. The maximum atomic E-state index is 12.0. The molecule has 3 unspecified atom stereocenters. The Morgan fingerprint density at radius 1 is 1.32 bits per heavy atom. The van der Waals surface area contributed by atoms with E-state index in [4.69, 9.17) is 5.11 Å². The average molecular weight is 263 g/mol. The van der Waals surface area contributed by atoms with Crippen molar-refractivity contribution in [3.05, 3.63) is 35.9 Å². The molecule has 19 heavy (non-hydrogen) atoms. The van der Waals surface area contributed by atoms with Gasteiger partial charge in [-0.3, -0.25) is 9.59 Å². The monoisotopic (exact) mass is 263 g/mol. The van der Waals surface area contributed by atoms with Crippen LogP contribution >= 0.6 is 0 Å². The topological polar surface area (TPSA) is 86.6 Å². The van der Waals surface area contributed by atoms with Crippen LogP contribution in [0.1, 0.15) is 18.9 Å². The highest BCUT2D eigenvalue weighted by atomic mass is 16.4. The van der Waals surface area contributed by atoms with Gasteiger partial charge in [-0.25, -0.2) is 0 Å². The van der Waals surface area contributed by atoms with Crippen LogP contribution in [-0.4, -0.2) is 28.7 Å². The van der Waals surface area contributed by atoms with E-state index in [9.17, 15) is 14.7 Å². The summed E-state index contributed by atoms with van der Waals surface area (Å²) in [4.78, 5) is 22.7. The quantitative estimate of drug-likeness (QED) is 0.731. The summed E-state index contributed by atoms with van der Waals surface area (Å²) in [5, 5.41) is 21.1. The average Bonchev–Trinajstić information content (AvgIpc) is 3.20. The first-order chi connectivity index (χ1) is 8.98. The molecule has 3 N–H and O–H groups in total. The molecule has 5 heteroatoms. The molecule has 1 fully saturated rings. The molecular formula is C14H17NO4. The molecule has 0 bridgehead atoms. The summed E-state index contributed by atoms with van der Waals surface area (Å²) in [6, 6.07) is 9.14. The van der Waals surface area contributed by atoms with Crippen LogP contribution in [0.25, 0.3) is 0 Å². The van der Waals surface area contributed by atoms with Gasteiger partial charge in [-0.2, -0.15) is 0 Å². The Labute approximate surface area is 111 Å². The van der Waals surface area contributed by atoms with Crippen molar-refractivity contribution in [2.75, 3.05) is 6.61 Å². The Morgan fingerprint density at radius 2 is 1.95 bits per heavy atom. The van der Waals surface area contributed by atoms with Crippen molar-refractivity contribution in [1.82, 2.24) is 5.32 Å². The molecule has 0 aromatic heterocycles. The van der Waals surface area contributed by atoms with Gasteiger partial charge < -0.3 is 15.5 Å². The largest absolute Gasteiger partial charge is 0.481 e. The van der Waals surface area contributed by atoms with E-state index in [0.29, 0.717) is 6.42 Å². The van der Waals surface area contributed by atoms with Crippen LogP contribution in [0.15, 0.2) is 30.3 Å². The van der Waals surface area contributed by atoms with Crippen LogP contribution in [0.5, 0.6) is 0 Å². The lowest BCUT2D eigenvalue weighted by Crippen LogP contribution is -2.47. The van der Waals surface area contributed by atoms with Gasteiger partial charge >= 0.3 is 5.97 Å². The number of aliphatic hydroxyl groups excluding tert-OH is 1. The lowest BCUT2D eigenvalue weighted by atomic mass is 9.92. The van der Waals surface area contributed by atoms with Gasteiger partial charge in [0.2, 0.25) is 5.91 Å². The Morgan fingerprint density at radius 3 is 2.42 bits per heavy atom. The molecule has 1 amide bonds. The van der Waals surface area contributed by atoms with E-state index in [1.54, 1.807) is 6.92 Å². The maximum Gasteiger partial charge on any atom is 0.307 e. The molecule has 0 saturated heterocycles. The number of carboxylic acids is 1. The van der Waals surface area contributed by atoms with Gasteiger partial charge in [-0.05, 0) is 18.9 Å². The molecule has 2 rings (SSSR count). The van der Waals surface area contributed by atoms with Gasteiger partial charge in [-0.15, -0.1) is 0 Å². The van der Waals surface area contributed by atoms with Crippen LogP contribution in [0.4, 0.5) is 0 Å². The van der Waals surface area contributed by atoms with Crippen molar-refractivity contribution in [3.63, 3.8) is 0 Å². The second-order valence-corrected chi connectivity index (χ2v) is 5.13. The van der Waals surface area contributed by atoms with E-state index >= 15 is 0 Å². The first-order valence-electron chi connectivity index (χ1n) is 6.19. The smallest absolute Gasteiger partial charge is 0.307 e. The van der Waals surface area contributed by atoms with Crippen molar-refractivity contribution in [3.8, 4) is 0 Å². The number of rotatable bonds is 5. The van der Waals surface area contributed by atoms with Gasteiger partial charge in [0.15, 0.2) is 0 Å². The molecule has 0 aliphatic heterocycles. The highest BCUT2D eigenvalue weighted by Crippen LogP contribution is 2.39. The Bertz CT molecular complexity index is 487. The molecule has 1 aromatic rings. The normalized spacial score (nSPS) is 24.3. The summed E-state index contributed by atoms with van der Waals surface area (Å²) < 4.78 is 0. The van der Waals surface area contributed by atoms with Gasteiger partial charge in [0.1, 0.15) is 0 Å². The zero-order valence-corrected chi connectivity index (χ0v) is 10.7. The first-order valence-corrected chi connectivity index (χ1v) is 6.19. The van der Waals surface area contributed by atoms with Crippen LogP contribution in [0, 0.1) is 11.8 Å². The minimum absolute atomic E-state index is 0.243. The second kappa shape index (κ2) is 5.01. The predicted octanol–water partition coefficient (Wildman–Crippen LogP) is 0.731. The van der Waals surface area contributed by atoms with Crippen molar-refractivity contribution < 1.29 is 19.8 Å². The molecular weight excluding hydrogens is 246 g/mol. The second-order valence-electron chi connectivity index (χ2n) is 5.13. The molecule has 1 saturated carbocycles. The number of nitrogens with one attached hydrogen (secondary N) is 1. The fourth-order valence-corrected chi connectivity index (χ4v) is 2.13. The van der Waals surface area contributed by atoms with E-state index in [1.807, 2.05) is 30.3 Å². The van der Waals surface area contributed by atoms with Crippen LogP contribution < -0.4 is 5.32 Å². The Balaban J connectivity index is 2.08. The molecule has 3 atom stereocenters. The molecule has 1 aromatic carbocycles. The number of carbonyl (C=O) groups excluding carboxylic acids is 1. The Hall–Kier alpha value is -1.88. The molecule has 102 valence electrons. The summed E-state index contributed by atoms with van der Waals surface area (Å²) in [5.74, 6) is -2.32. The zero-order chi connectivity index (χ0) is 14.0. The van der Waals surface area contributed by atoms with Crippen molar-refractivity contribution >= 4 is 11.9 Å². The number of aliphatic carboxylic acids is 1. The highest BCUT2D eigenvalue weighted by Gasteiger charge is 2.49.